The van der Waals surface area contributed by atoms with Crippen molar-refractivity contribution in [1.29, 1.82) is 0 Å². The molecule has 0 spiro atoms. The normalized spacial score (nSPS) is 20.4. The lowest BCUT2D eigenvalue weighted by Gasteiger charge is -2.06. The highest BCUT2D eigenvalue weighted by Gasteiger charge is 2.26. The molecule has 2 N–H and O–H groups in total. The van der Waals surface area contributed by atoms with E-state index in [0.29, 0.717) is 11.5 Å². The zero-order chi connectivity index (χ0) is 9.97. The molecule has 0 bridgehead atoms. The number of carbonyl (C=O) groups is 1. The average molecular weight is 206 g/mol. The molecule has 1 fully saturated rings. The highest BCUT2D eigenvalue weighted by atomic mass is 32.1. The number of hydrogen-bond donors (Lipinski definition) is 2. The molecule has 1 aliphatic rings. The highest BCUT2D eigenvalue weighted by Crippen LogP contribution is 2.05. The fraction of sp³-hybridized carbons (Fsp3) is 0.200. The third-order valence-electron chi connectivity index (χ3n) is 2.14. The van der Waals surface area contributed by atoms with Crippen LogP contribution in [0.3, 0.4) is 0 Å². The van der Waals surface area contributed by atoms with Crippen LogP contribution in [-0.4, -0.2) is 17.1 Å². The Labute approximate surface area is 87.5 Å². The minimum atomic E-state index is -0.218. The summed E-state index contributed by atoms with van der Waals surface area (Å²) in [6.45, 7) is 0. The van der Waals surface area contributed by atoms with Crippen LogP contribution in [0.2, 0.25) is 0 Å². The van der Waals surface area contributed by atoms with Gasteiger partial charge in [-0.15, -0.1) is 0 Å². The molecule has 2 rings (SSSR count). The van der Waals surface area contributed by atoms with Crippen molar-refractivity contribution in [2.24, 2.45) is 0 Å². The van der Waals surface area contributed by atoms with Crippen LogP contribution in [0.25, 0.3) is 0 Å². The Morgan fingerprint density at radius 1 is 1.29 bits per heavy atom. The number of rotatable bonds is 2. The molecule has 4 heteroatoms. The quantitative estimate of drug-likeness (QED) is 0.696. The number of benzene rings is 1. The van der Waals surface area contributed by atoms with Crippen LogP contribution in [0.5, 0.6) is 0 Å². The number of carbonyl (C=O) groups excluding carboxylic acids is 1. The Kier molecular flexibility index (Phi) is 2.45. The summed E-state index contributed by atoms with van der Waals surface area (Å²) in [5.74, 6) is -0.0427. The van der Waals surface area contributed by atoms with Crippen LogP contribution in [0, 0.1) is 0 Å². The van der Waals surface area contributed by atoms with Crippen LogP contribution >= 0.6 is 12.2 Å². The molecule has 1 aliphatic heterocycles. The fourth-order valence-electron chi connectivity index (χ4n) is 1.45. The maximum Gasteiger partial charge on any atom is 0.249 e. The van der Waals surface area contributed by atoms with Gasteiger partial charge < -0.3 is 10.6 Å². The van der Waals surface area contributed by atoms with E-state index in [2.05, 4.69) is 10.6 Å². The Bertz CT molecular complexity index is 364. The van der Waals surface area contributed by atoms with Crippen molar-refractivity contribution in [2.45, 2.75) is 12.5 Å². The molecule has 0 unspecified atom stereocenters. The van der Waals surface area contributed by atoms with Crippen molar-refractivity contribution < 1.29 is 4.79 Å². The van der Waals surface area contributed by atoms with Gasteiger partial charge in [0.1, 0.15) is 6.04 Å². The molecule has 0 aliphatic carbocycles. The van der Waals surface area contributed by atoms with Gasteiger partial charge >= 0.3 is 0 Å². The van der Waals surface area contributed by atoms with Crippen LogP contribution in [0.4, 0.5) is 0 Å². The Hall–Kier alpha value is -1.42. The molecule has 1 amide bonds. The van der Waals surface area contributed by atoms with E-state index in [1.807, 2.05) is 30.3 Å². The first-order valence-electron chi connectivity index (χ1n) is 4.41. The van der Waals surface area contributed by atoms with E-state index in [1.54, 1.807) is 0 Å². The van der Waals surface area contributed by atoms with E-state index in [4.69, 9.17) is 12.2 Å². The average Bonchev–Trinajstić information content (AvgIpc) is 2.47. The van der Waals surface area contributed by atoms with Gasteiger partial charge in [-0.25, -0.2) is 0 Å². The second-order valence-corrected chi connectivity index (χ2v) is 3.61. The molecule has 1 heterocycles. The van der Waals surface area contributed by atoms with Crippen molar-refractivity contribution in [3.8, 4) is 0 Å². The number of nitrogens with one attached hydrogen (secondary N) is 2. The molecule has 0 aromatic heterocycles. The van der Waals surface area contributed by atoms with E-state index in [1.165, 1.54) is 0 Å². The Balaban J connectivity index is 2.05. The Morgan fingerprint density at radius 2 is 2.00 bits per heavy atom. The standard InChI is InChI=1S/C10H10N2OS/c13-9-8(11-10(14)12-9)6-7-4-2-1-3-5-7/h1-5,8H,6H2,(H2,11,12,13,14)/t8-/m0/s1. The first-order chi connectivity index (χ1) is 6.75. The van der Waals surface area contributed by atoms with Gasteiger partial charge in [0.05, 0.1) is 0 Å². The zero-order valence-corrected chi connectivity index (χ0v) is 8.30. The molecule has 0 saturated carbocycles. The van der Waals surface area contributed by atoms with Crippen LogP contribution < -0.4 is 10.6 Å². The Morgan fingerprint density at radius 3 is 2.57 bits per heavy atom. The van der Waals surface area contributed by atoms with Crippen molar-refractivity contribution in [3.63, 3.8) is 0 Å². The predicted octanol–water partition coefficient (Wildman–Crippen LogP) is 0.602. The van der Waals surface area contributed by atoms with Gasteiger partial charge in [0.25, 0.3) is 0 Å². The second-order valence-electron chi connectivity index (χ2n) is 3.21. The molecular formula is C10H10N2OS. The van der Waals surface area contributed by atoms with Crippen LogP contribution in [0.15, 0.2) is 30.3 Å². The number of amides is 1. The summed E-state index contributed by atoms with van der Waals surface area (Å²) in [5, 5.41) is 5.92. The molecule has 14 heavy (non-hydrogen) atoms. The number of hydrogen-bond acceptors (Lipinski definition) is 2. The molecule has 1 saturated heterocycles. The van der Waals surface area contributed by atoms with Crippen molar-refractivity contribution in [1.82, 2.24) is 10.6 Å². The summed E-state index contributed by atoms with van der Waals surface area (Å²) >= 11 is 4.85. The SMILES string of the molecule is O=C1NC(=S)N[C@H]1Cc1ccccc1. The monoisotopic (exact) mass is 206 g/mol. The van der Waals surface area contributed by atoms with Gasteiger partial charge in [-0.2, -0.15) is 0 Å². The summed E-state index contributed by atoms with van der Waals surface area (Å²) in [6.07, 6.45) is 0.673. The molecular weight excluding hydrogens is 196 g/mol. The predicted molar refractivity (Wildman–Crippen MR) is 57.8 cm³/mol. The van der Waals surface area contributed by atoms with E-state index >= 15 is 0 Å². The molecule has 1 atom stereocenters. The maximum absolute atomic E-state index is 11.3. The lowest BCUT2D eigenvalue weighted by molar-refractivity contribution is -0.120. The molecule has 72 valence electrons. The molecule has 1 aromatic rings. The highest BCUT2D eigenvalue weighted by molar-refractivity contribution is 7.80. The van der Waals surface area contributed by atoms with Crippen molar-refractivity contribution in [3.05, 3.63) is 35.9 Å². The smallest absolute Gasteiger partial charge is 0.249 e. The van der Waals surface area contributed by atoms with Gasteiger partial charge in [0.2, 0.25) is 5.91 Å². The van der Waals surface area contributed by atoms with Gasteiger partial charge in [0, 0.05) is 6.42 Å². The minimum absolute atomic E-state index is 0.0427. The number of thiocarbonyl (C=S) groups is 1. The zero-order valence-electron chi connectivity index (χ0n) is 7.49. The van der Waals surface area contributed by atoms with Gasteiger partial charge in [-0.3, -0.25) is 4.79 Å². The third kappa shape index (κ3) is 1.90. The van der Waals surface area contributed by atoms with Crippen LogP contribution in [-0.2, 0) is 11.2 Å². The van der Waals surface area contributed by atoms with E-state index < -0.39 is 0 Å². The third-order valence-corrected chi connectivity index (χ3v) is 2.36. The van der Waals surface area contributed by atoms with Gasteiger partial charge in [-0.05, 0) is 17.8 Å². The summed E-state index contributed by atoms with van der Waals surface area (Å²) < 4.78 is 0. The molecule has 3 nitrogen and oxygen atoms in total. The minimum Gasteiger partial charge on any atom is -0.350 e. The first-order valence-corrected chi connectivity index (χ1v) is 4.82. The second kappa shape index (κ2) is 3.75. The fourth-order valence-corrected chi connectivity index (χ4v) is 1.70. The first kappa shape index (κ1) is 9.15. The van der Waals surface area contributed by atoms with Crippen LogP contribution in [0.1, 0.15) is 5.56 Å². The van der Waals surface area contributed by atoms with Gasteiger partial charge in [0.15, 0.2) is 5.11 Å². The summed E-state index contributed by atoms with van der Waals surface area (Å²) in [4.78, 5) is 11.3. The summed E-state index contributed by atoms with van der Waals surface area (Å²) in [5.41, 5.74) is 1.13. The largest absolute Gasteiger partial charge is 0.350 e. The summed E-state index contributed by atoms with van der Waals surface area (Å²) in [7, 11) is 0. The van der Waals surface area contributed by atoms with E-state index in [-0.39, 0.29) is 11.9 Å². The lowest BCUT2D eigenvalue weighted by atomic mass is 10.1. The van der Waals surface area contributed by atoms with Crippen molar-refractivity contribution in [2.75, 3.05) is 0 Å². The topological polar surface area (TPSA) is 41.1 Å². The summed E-state index contributed by atoms with van der Waals surface area (Å²) in [6, 6.07) is 9.65. The van der Waals surface area contributed by atoms with Gasteiger partial charge in [-0.1, -0.05) is 30.3 Å². The molecule has 0 radical (unpaired) electrons. The maximum atomic E-state index is 11.3. The van der Waals surface area contributed by atoms with Crippen molar-refractivity contribution >= 4 is 23.2 Å². The lowest BCUT2D eigenvalue weighted by Crippen LogP contribution is -2.30. The van der Waals surface area contributed by atoms with E-state index in [0.717, 1.165) is 5.56 Å². The van der Waals surface area contributed by atoms with E-state index in [9.17, 15) is 4.79 Å². The molecule has 1 aromatic carbocycles.